The van der Waals surface area contributed by atoms with E-state index >= 15 is 4.39 Å². The van der Waals surface area contributed by atoms with Crippen molar-refractivity contribution in [3.05, 3.63) is 53.6 Å². The molecule has 0 aromatic heterocycles. The zero-order chi connectivity index (χ0) is 29.8. The van der Waals surface area contributed by atoms with E-state index in [1.807, 2.05) is 6.92 Å². The zero-order valence-electron chi connectivity index (χ0n) is 24.1. The third-order valence-corrected chi connectivity index (χ3v) is 12.2. The Kier molecular flexibility index (Phi) is 6.26. The number of aliphatic hydroxyl groups excluding tert-OH is 1. The number of carbonyl (C=O) groups excluding carboxylic acids is 2. The summed E-state index contributed by atoms with van der Waals surface area (Å²) in [5.41, 5.74) is -4.42. The number of allylic oxidation sites excluding steroid dienone is 4. The van der Waals surface area contributed by atoms with E-state index in [1.165, 1.54) is 24.3 Å². The average Bonchev–Trinajstić information content (AvgIpc) is 3.30. The molecular formula is C31H38FNO7S. The molecule has 2 N–H and O–H groups in total. The summed E-state index contributed by atoms with van der Waals surface area (Å²) in [4.78, 5) is 26.4. The molecule has 4 unspecified atom stereocenters. The lowest BCUT2D eigenvalue weighted by atomic mass is 9.44. The van der Waals surface area contributed by atoms with Crippen LogP contribution in [0.5, 0.6) is 0 Å². The molecule has 1 saturated heterocycles. The van der Waals surface area contributed by atoms with Crippen molar-refractivity contribution in [3.8, 4) is 0 Å². The molecule has 1 aliphatic heterocycles. The molecule has 1 aromatic rings. The summed E-state index contributed by atoms with van der Waals surface area (Å²) >= 11 is 0. The minimum absolute atomic E-state index is 0.0485. The Morgan fingerprint density at radius 2 is 1.93 bits per heavy atom. The molecule has 8 atom stereocenters. The maximum Gasteiger partial charge on any atom is 0.240 e. The molecule has 0 radical (unpaired) electrons. The number of Topliss-reactive ketones (excluding diaryl/α,β-unsaturated/α-hetero) is 1. The lowest BCUT2D eigenvalue weighted by Gasteiger charge is -2.62. The molecule has 222 valence electrons. The lowest BCUT2D eigenvalue weighted by molar-refractivity contribution is -0.245. The fourth-order valence-corrected chi connectivity index (χ4v) is 10.1. The quantitative estimate of drug-likeness (QED) is 0.539. The maximum atomic E-state index is 17.5. The van der Waals surface area contributed by atoms with Crippen LogP contribution in [0, 0.1) is 29.6 Å². The van der Waals surface area contributed by atoms with Gasteiger partial charge in [-0.3, -0.25) is 9.59 Å². The van der Waals surface area contributed by atoms with Crippen LogP contribution in [0.3, 0.4) is 0 Å². The summed E-state index contributed by atoms with van der Waals surface area (Å²) < 4.78 is 58.9. The molecule has 6 rings (SSSR count). The number of ketones is 2. The number of hydrogen-bond donors (Lipinski definition) is 2. The van der Waals surface area contributed by atoms with E-state index in [0.717, 1.165) is 5.56 Å². The molecule has 4 aliphatic carbocycles. The predicted molar refractivity (Wildman–Crippen MR) is 148 cm³/mol. The SMILES string of the molecule is Cc1cccc(S(=O)(=O)NCC(=O)[C@@]23OC(C)(C)O[C@@H]2CC2C4CCC5=CC(=O)C=CC5(C)[C@@]4(F)[C@@H](O)CC23C)c1. The predicted octanol–water partition coefficient (Wildman–Crippen LogP) is 3.71. The average molecular weight is 588 g/mol. The van der Waals surface area contributed by atoms with Gasteiger partial charge in [-0.15, -0.1) is 0 Å². The molecule has 1 aromatic carbocycles. The van der Waals surface area contributed by atoms with Crippen LogP contribution in [0.4, 0.5) is 4.39 Å². The molecular weight excluding hydrogens is 549 g/mol. The Morgan fingerprint density at radius 1 is 1.20 bits per heavy atom. The standard InChI is InChI=1S/C31H38FNO7S/c1-18-7-6-8-21(13-18)41(37,38)33-17-25(36)31-26(39-27(2,3)40-31)15-23-22-10-9-19-14-20(34)11-12-28(19,4)30(22,32)24(35)16-29(23,31)5/h6-8,11-14,22-24,26,33,35H,9-10,15-17H2,1-5H3/t22?,23?,24-,26+,28?,29?,30-,31+/m0/s1. The molecule has 0 bridgehead atoms. The minimum atomic E-state index is -4.00. The van der Waals surface area contributed by atoms with Crippen molar-refractivity contribution in [2.75, 3.05) is 6.54 Å². The van der Waals surface area contributed by atoms with Gasteiger partial charge in [0.25, 0.3) is 0 Å². The molecule has 10 heteroatoms. The van der Waals surface area contributed by atoms with Gasteiger partial charge in [-0.25, -0.2) is 17.5 Å². The number of hydrogen-bond acceptors (Lipinski definition) is 7. The second-order valence-electron chi connectivity index (χ2n) is 13.4. The Balaban J connectivity index is 1.37. The Bertz CT molecular complexity index is 1500. The van der Waals surface area contributed by atoms with Crippen LogP contribution >= 0.6 is 0 Å². The van der Waals surface area contributed by atoms with Gasteiger partial charge in [0.1, 0.15) is 0 Å². The second kappa shape index (κ2) is 8.89. The summed E-state index contributed by atoms with van der Waals surface area (Å²) in [6, 6.07) is 6.40. The summed E-state index contributed by atoms with van der Waals surface area (Å²) in [5, 5.41) is 11.7. The van der Waals surface area contributed by atoms with Crippen LogP contribution in [0.15, 0.2) is 53.0 Å². The van der Waals surface area contributed by atoms with Gasteiger partial charge in [0.2, 0.25) is 10.0 Å². The molecule has 3 saturated carbocycles. The Hall–Kier alpha value is -2.24. The van der Waals surface area contributed by atoms with E-state index in [9.17, 15) is 23.1 Å². The number of carbonyl (C=O) groups is 2. The highest BCUT2D eigenvalue weighted by atomic mass is 32.2. The lowest BCUT2D eigenvalue weighted by Crippen LogP contribution is -2.70. The fraction of sp³-hybridized carbons (Fsp3) is 0.613. The van der Waals surface area contributed by atoms with E-state index in [0.29, 0.717) is 24.8 Å². The smallest absolute Gasteiger partial charge is 0.240 e. The summed E-state index contributed by atoms with van der Waals surface area (Å²) in [6.07, 6.45) is 3.40. The number of sulfonamides is 1. The van der Waals surface area contributed by atoms with Crippen molar-refractivity contribution < 1.29 is 37.0 Å². The van der Waals surface area contributed by atoms with Crippen molar-refractivity contribution in [3.63, 3.8) is 0 Å². The molecule has 41 heavy (non-hydrogen) atoms. The van der Waals surface area contributed by atoms with E-state index in [4.69, 9.17) is 9.47 Å². The van der Waals surface area contributed by atoms with Gasteiger partial charge in [-0.1, -0.05) is 30.7 Å². The normalized spacial score (nSPS) is 42.6. The van der Waals surface area contributed by atoms with Gasteiger partial charge < -0.3 is 14.6 Å². The van der Waals surface area contributed by atoms with E-state index in [2.05, 4.69) is 4.72 Å². The van der Waals surface area contributed by atoms with Crippen molar-refractivity contribution in [2.24, 2.45) is 22.7 Å². The minimum Gasteiger partial charge on any atom is -0.390 e. The van der Waals surface area contributed by atoms with Gasteiger partial charge in [0, 0.05) is 16.7 Å². The van der Waals surface area contributed by atoms with Crippen molar-refractivity contribution in [1.29, 1.82) is 0 Å². The van der Waals surface area contributed by atoms with Crippen molar-refractivity contribution in [1.82, 2.24) is 4.72 Å². The highest BCUT2D eigenvalue weighted by molar-refractivity contribution is 7.89. The van der Waals surface area contributed by atoms with Crippen LogP contribution in [-0.2, 0) is 29.1 Å². The number of ether oxygens (including phenoxy) is 2. The second-order valence-corrected chi connectivity index (χ2v) is 15.2. The van der Waals surface area contributed by atoms with Gasteiger partial charge >= 0.3 is 0 Å². The first kappa shape index (κ1) is 28.9. The topological polar surface area (TPSA) is 119 Å². The number of aliphatic hydroxyl groups is 1. The first-order valence-corrected chi connectivity index (χ1v) is 15.8. The summed E-state index contributed by atoms with van der Waals surface area (Å²) in [6.45, 7) is 8.25. The monoisotopic (exact) mass is 587 g/mol. The largest absolute Gasteiger partial charge is 0.390 e. The number of rotatable bonds is 5. The van der Waals surface area contributed by atoms with Gasteiger partial charge in [0.05, 0.1) is 23.6 Å². The highest BCUT2D eigenvalue weighted by Crippen LogP contribution is 2.72. The molecule has 4 fully saturated rings. The van der Waals surface area contributed by atoms with Crippen LogP contribution in [0.2, 0.25) is 0 Å². The third kappa shape index (κ3) is 3.80. The number of alkyl halides is 1. The van der Waals surface area contributed by atoms with E-state index in [-0.39, 0.29) is 17.1 Å². The van der Waals surface area contributed by atoms with E-state index < -0.39 is 74.3 Å². The number of nitrogens with one attached hydrogen (secondary N) is 1. The highest BCUT2D eigenvalue weighted by Gasteiger charge is 2.80. The van der Waals surface area contributed by atoms with Crippen LogP contribution < -0.4 is 4.72 Å². The number of halogens is 1. The zero-order valence-corrected chi connectivity index (χ0v) is 24.9. The van der Waals surface area contributed by atoms with Crippen molar-refractivity contribution in [2.45, 2.75) is 94.5 Å². The first-order valence-electron chi connectivity index (χ1n) is 14.3. The molecule has 1 heterocycles. The number of fused-ring (bicyclic) bond motifs is 7. The maximum absolute atomic E-state index is 17.5. The van der Waals surface area contributed by atoms with E-state index in [1.54, 1.807) is 45.9 Å². The van der Waals surface area contributed by atoms with Gasteiger partial charge in [-0.05, 0) is 89.1 Å². The Morgan fingerprint density at radius 3 is 2.63 bits per heavy atom. The number of aryl methyl sites for hydroxylation is 1. The summed E-state index contributed by atoms with van der Waals surface area (Å²) in [7, 11) is -4.00. The Labute approximate surface area is 240 Å². The first-order chi connectivity index (χ1) is 19.0. The van der Waals surface area contributed by atoms with Gasteiger partial charge in [-0.2, -0.15) is 0 Å². The number of benzene rings is 1. The molecule has 0 spiro atoms. The molecule has 8 nitrogen and oxygen atoms in total. The summed E-state index contributed by atoms with van der Waals surface area (Å²) in [5.74, 6) is -2.85. The van der Waals surface area contributed by atoms with Crippen LogP contribution in [-0.4, -0.2) is 60.9 Å². The third-order valence-electron chi connectivity index (χ3n) is 10.8. The van der Waals surface area contributed by atoms with Crippen LogP contribution in [0.1, 0.15) is 58.9 Å². The van der Waals surface area contributed by atoms with Crippen molar-refractivity contribution >= 4 is 21.6 Å². The molecule has 0 amide bonds. The fourth-order valence-electron chi connectivity index (χ4n) is 8.97. The van der Waals surface area contributed by atoms with Crippen LogP contribution in [0.25, 0.3) is 0 Å². The molecule has 5 aliphatic rings. The van der Waals surface area contributed by atoms with Gasteiger partial charge in [0.15, 0.2) is 28.6 Å².